The fourth-order valence-corrected chi connectivity index (χ4v) is 3.05. The Morgan fingerprint density at radius 2 is 2.10 bits per heavy atom. The lowest BCUT2D eigenvalue weighted by Crippen LogP contribution is -2.24. The van der Waals surface area contributed by atoms with Crippen molar-refractivity contribution in [3.8, 4) is 11.5 Å². The van der Waals surface area contributed by atoms with Gasteiger partial charge in [0.1, 0.15) is 0 Å². The normalized spacial score (nSPS) is 23.6. The molecule has 0 spiro atoms. The van der Waals surface area contributed by atoms with Gasteiger partial charge < -0.3 is 15.2 Å². The first-order valence-electron chi connectivity index (χ1n) is 8.21. The third kappa shape index (κ3) is 4.63. The first-order valence-corrected chi connectivity index (χ1v) is 8.21. The molecule has 1 aromatic carbocycles. The second kappa shape index (κ2) is 7.69. The minimum Gasteiger partial charge on any atom is -0.493 e. The van der Waals surface area contributed by atoms with Crippen LogP contribution in [0.4, 0.5) is 0 Å². The Morgan fingerprint density at radius 1 is 1.29 bits per heavy atom. The van der Waals surface area contributed by atoms with Crippen molar-refractivity contribution in [3.63, 3.8) is 0 Å². The summed E-state index contributed by atoms with van der Waals surface area (Å²) in [6.45, 7) is 4.43. The molecule has 1 saturated carbocycles. The van der Waals surface area contributed by atoms with Gasteiger partial charge in [0, 0.05) is 6.04 Å². The number of ether oxygens (including phenoxy) is 2. The van der Waals surface area contributed by atoms with Gasteiger partial charge >= 0.3 is 0 Å². The Balaban J connectivity index is 2.09. The van der Waals surface area contributed by atoms with Crippen LogP contribution in [0.15, 0.2) is 18.2 Å². The maximum atomic E-state index is 6.24. The van der Waals surface area contributed by atoms with E-state index >= 15 is 0 Å². The van der Waals surface area contributed by atoms with E-state index in [1.165, 1.54) is 18.4 Å². The Kier molecular flexibility index (Phi) is 5.92. The van der Waals surface area contributed by atoms with Gasteiger partial charge in [0.15, 0.2) is 11.5 Å². The quantitative estimate of drug-likeness (QED) is 0.863. The van der Waals surface area contributed by atoms with Gasteiger partial charge in [-0.2, -0.15) is 0 Å². The maximum absolute atomic E-state index is 6.24. The summed E-state index contributed by atoms with van der Waals surface area (Å²) in [7, 11) is 1.70. The molecule has 3 atom stereocenters. The van der Waals surface area contributed by atoms with E-state index < -0.39 is 0 Å². The molecule has 3 unspecified atom stereocenters. The van der Waals surface area contributed by atoms with E-state index in [1.54, 1.807) is 7.11 Å². The van der Waals surface area contributed by atoms with Gasteiger partial charge in [-0.1, -0.05) is 26.3 Å². The van der Waals surface area contributed by atoms with E-state index in [9.17, 15) is 0 Å². The van der Waals surface area contributed by atoms with Crippen LogP contribution in [0.2, 0.25) is 0 Å². The molecule has 1 fully saturated rings. The summed E-state index contributed by atoms with van der Waals surface area (Å²) in [4.78, 5) is 0. The SMILES string of the molecule is CCC(N)Cc1ccc(OC)c(OC2CCCC(C)C2)c1. The molecular weight excluding hydrogens is 262 g/mol. The minimum atomic E-state index is 0.209. The number of methoxy groups -OCH3 is 1. The molecule has 1 aliphatic carbocycles. The molecule has 1 aliphatic rings. The van der Waals surface area contributed by atoms with E-state index in [0.29, 0.717) is 6.10 Å². The highest BCUT2D eigenvalue weighted by Gasteiger charge is 2.21. The van der Waals surface area contributed by atoms with Crippen molar-refractivity contribution in [3.05, 3.63) is 23.8 Å². The minimum absolute atomic E-state index is 0.209. The third-order valence-electron chi connectivity index (χ3n) is 4.43. The van der Waals surface area contributed by atoms with Crippen LogP contribution in [0.3, 0.4) is 0 Å². The van der Waals surface area contributed by atoms with Gasteiger partial charge in [0.25, 0.3) is 0 Å². The highest BCUT2D eigenvalue weighted by Crippen LogP contribution is 2.33. The number of nitrogens with two attached hydrogens (primary N) is 1. The third-order valence-corrected chi connectivity index (χ3v) is 4.43. The Hall–Kier alpha value is -1.22. The van der Waals surface area contributed by atoms with E-state index in [1.807, 2.05) is 6.07 Å². The second-order valence-corrected chi connectivity index (χ2v) is 6.37. The summed E-state index contributed by atoms with van der Waals surface area (Å²) in [5.41, 5.74) is 7.28. The summed E-state index contributed by atoms with van der Waals surface area (Å²) in [5.74, 6) is 2.45. The number of benzene rings is 1. The highest BCUT2D eigenvalue weighted by atomic mass is 16.5. The average molecular weight is 291 g/mol. The molecule has 0 bridgehead atoms. The van der Waals surface area contributed by atoms with Crippen molar-refractivity contribution in [2.75, 3.05) is 7.11 Å². The predicted molar refractivity (Wildman–Crippen MR) is 87.0 cm³/mol. The molecule has 3 heteroatoms. The fourth-order valence-electron chi connectivity index (χ4n) is 3.05. The van der Waals surface area contributed by atoms with Gasteiger partial charge in [-0.25, -0.2) is 0 Å². The molecule has 0 aromatic heterocycles. The molecule has 3 nitrogen and oxygen atoms in total. The van der Waals surface area contributed by atoms with Crippen molar-refractivity contribution in [1.82, 2.24) is 0 Å². The molecule has 1 aromatic rings. The zero-order valence-corrected chi connectivity index (χ0v) is 13.6. The van der Waals surface area contributed by atoms with Gasteiger partial charge in [-0.05, 0) is 55.7 Å². The van der Waals surface area contributed by atoms with E-state index in [2.05, 4.69) is 26.0 Å². The molecular formula is C18H29NO2. The molecule has 21 heavy (non-hydrogen) atoms. The van der Waals surface area contributed by atoms with Gasteiger partial charge in [-0.3, -0.25) is 0 Å². The van der Waals surface area contributed by atoms with Crippen LogP contribution in [-0.2, 0) is 6.42 Å². The lowest BCUT2D eigenvalue weighted by molar-refractivity contribution is 0.125. The zero-order chi connectivity index (χ0) is 15.2. The Labute approximate surface area is 128 Å². The van der Waals surface area contributed by atoms with Crippen molar-refractivity contribution in [2.24, 2.45) is 11.7 Å². The standard InChI is InChI=1S/C18H29NO2/c1-4-15(19)11-14-8-9-17(20-3)18(12-14)21-16-7-5-6-13(2)10-16/h8-9,12-13,15-16H,4-7,10-11,19H2,1-3H3. The Morgan fingerprint density at radius 3 is 2.76 bits per heavy atom. The van der Waals surface area contributed by atoms with Crippen LogP contribution in [-0.4, -0.2) is 19.3 Å². The molecule has 0 saturated heterocycles. The lowest BCUT2D eigenvalue weighted by atomic mass is 9.88. The van der Waals surface area contributed by atoms with Gasteiger partial charge in [0.05, 0.1) is 13.2 Å². The summed E-state index contributed by atoms with van der Waals surface area (Å²) < 4.78 is 11.7. The first-order chi connectivity index (χ1) is 10.1. The van der Waals surface area contributed by atoms with Crippen LogP contribution < -0.4 is 15.2 Å². The highest BCUT2D eigenvalue weighted by molar-refractivity contribution is 5.43. The van der Waals surface area contributed by atoms with E-state index in [4.69, 9.17) is 15.2 Å². The maximum Gasteiger partial charge on any atom is 0.161 e. The van der Waals surface area contributed by atoms with E-state index in [0.717, 1.165) is 43.1 Å². The van der Waals surface area contributed by atoms with Crippen LogP contribution in [0, 0.1) is 5.92 Å². The van der Waals surface area contributed by atoms with Crippen LogP contribution in [0.1, 0.15) is 51.5 Å². The van der Waals surface area contributed by atoms with Crippen molar-refractivity contribution < 1.29 is 9.47 Å². The molecule has 0 radical (unpaired) electrons. The van der Waals surface area contributed by atoms with Crippen LogP contribution in [0.5, 0.6) is 11.5 Å². The van der Waals surface area contributed by atoms with Crippen LogP contribution >= 0.6 is 0 Å². The molecule has 2 N–H and O–H groups in total. The van der Waals surface area contributed by atoms with Crippen molar-refractivity contribution in [2.45, 2.75) is 64.5 Å². The predicted octanol–water partition coefficient (Wildman–Crippen LogP) is 3.93. The topological polar surface area (TPSA) is 44.5 Å². The molecule has 0 aliphatic heterocycles. The average Bonchev–Trinajstić information content (AvgIpc) is 2.47. The monoisotopic (exact) mass is 291 g/mol. The first kappa shape index (κ1) is 16.2. The summed E-state index contributed by atoms with van der Waals surface area (Å²) >= 11 is 0. The molecule has 118 valence electrons. The summed E-state index contributed by atoms with van der Waals surface area (Å²) in [6.07, 6.45) is 7.06. The molecule has 0 amide bonds. The van der Waals surface area contributed by atoms with Crippen molar-refractivity contribution >= 4 is 0 Å². The number of hydrogen-bond donors (Lipinski definition) is 1. The van der Waals surface area contributed by atoms with Crippen LogP contribution in [0.25, 0.3) is 0 Å². The fraction of sp³-hybridized carbons (Fsp3) is 0.667. The summed E-state index contributed by atoms with van der Waals surface area (Å²) in [6, 6.07) is 6.40. The Bertz CT molecular complexity index is 447. The smallest absolute Gasteiger partial charge is 0.161 e. The zero-order valence-electron chi connectivity index (χ0n) is 13.6. The largest absolute Gasteiger partial charge is 0.493 e. The number of rotatable bonds is 6. The molecule has 0 heterocycles. The number of hydrogen-bond acceptors (Lipinski definition) is 3. The molecule has 2 rings (SSSR count). The van der Waals surface area contributed by atoms with E-state index in [-0.39, 0.29) is 6.04 Å². The second-order valence-electron chi connectivity index (χ2n) is 6.37. The van der Waals surface area contributed by atoms with Gasteiger partial charge in [0.2, 0.25) is 0 Å². The van der Waals surface area contributed by atoms with Crippen molar-refractivity contribution in [1.29, 1.82) is 0 Å². The lowest BCUT2D eigenvalue weighted by Gasteiger charge is -2.28. The van der Waals surface area contributed by atoms with Gasteiger partial charge in [-0.15, -0.1) is 0 Å². The summed E-state index contributed by atoms with van der Waals surface area (Å²) in [5, 5.41) is 0.